The van der Waals surface area contributed by atoms with Crippen molar-refractivity contribution in [1.82, 2.24) is 10.2 Å². The van der Waals surface area contributed by atoms with Gasteiger partial charge >= 0.3 is 0 Å². The van der Waals surface area contributed by atoms with Crippen LogP contribution in [0.5, 0.6) is 0 Å². The van der Waals surface area contributed by atoms with Crippen molar-refractivity contribution in [3.05, 3.63) is 29.8 Å². The van der Waals surface area contributed by atoms with E-state index in [4.69, 9.17) is 0 Å². The molecule has 1 saturated heterocycles. The van der Waals surface area contributed by atoms with Crippen molar-refractivity contribution < 1.29 is 8.42 Å². The molecule has 1 aliphatic heterocycles. The van der Waals surface area contributed by atoms with Crippen LogP contribution in [0.25, 0.3) is 0 Å². The van der Waals surface area contributed by atoms with Crippen LogP contribution in [0.3, 0.4) is 0 Å². The van der Waals surface area contributed by atoms with Gasteiger partial charge in [0.15, 0.2) is 9.84 Å². The van der Waals surface area contributed by atoms with Crippen molar-refractivity contribution >= 4 is 9.84 Å². The summed E-state index contributed by atoms with van der Waals surface area (Å²) in [5.41, 5.74) is 1.20. The lowest BCUT2D eigenvalue weighted by atomic mass is 10.00. The van der Waals surface area contributed by atoms with Crippen molar-refractivity contribution in [3.63, 3.8) is 0 Å². The molecule has 2 aliphatic rings. The Morgan fingerprint density at radius 3 is 2.26 bits per heavy atom. The summed E-state index contributed by atoms with van der Waals surface area (Å²) in [4.78, 5) is 2.90. The summed E-state index contributed by atoms with van der Waals surface area (Å²) >= 11 is 0. The van der Waals surface area contributed by atoms with Crippen molar-refractivity contribution in [2.75, 3.05) is 25.9 Å². The molecule has 0 bridgehead atoms. The van der Waals surface area contributed by atoms with E-state index in [0.717, 1.165) is 19.0 Å². The van der Waals surface area contributed by atoms with E-state index in [9.17, 15) is 8.42 Å². The minimum Gasteiger partial charge on any atom is -0.314 e. The molecule has 1 saturated carbocycles. The van der Waals surface area contributed by atoms with Gasteiger partial charge in [-0.15, -0.1) is 0 Å². The minimum atomic E-state index is -3.11. The van der Waals surface area contributed by atoms with Gasteiger partial charge in [0.05, 0.1) is 4.90 Å². The van der Waals surface area contributed by atoms with E-state index in [1.54, 1.807) is 12.1 Å². The van der Waals surface area contributed by atoms with E-state index in [1.807, 2.05) is 12.1 Å². The first-order valence-corrected chi connectivity index (χ1v) is 10.6. The van der Waals surface area contributed by atoms with Crippen molar-refractivity contribution in [2.45, 2.75) is 49.6 Å². The van der Waals surface area contributed by atoms with Crippen LogP contribution in [0.15, 0.2) is 29.2 Å². The lowest BCUT2D eigenvalue weighted by molar-refractivity contribution is 0.152. The molecule has 0 spiro atoms. The van der Waals surface area contributed by atoms with E-state index in [-0.39, 0.29) is 0 Å². The molecule has 1 heterocycles. The third-order valence-corrected chi connectivity index (χ3v) is 6.39. The van der Waals surface area contributed by atoms with E-state index >= 15 is 0 Å². The molecular formula is C18H28N2O2S. The molecule has 1 aromatic rings. The molecule has 1 aliphatic carbocycles. The first-order valence-electron chi connectivity index (χ1n) is 8.71. The Morgan fingerprint density at radius 2 is 1.74 bits per heavy atom. The molecule has 3 rings (SSSR count). The van der Waals surface area contributed by atoms with Gasteiger partial charge in [-0.3, -0.25) is 4.90 Å². The summed E-state index contributed by atoms with van der Waals surface area (Å²) in [6, 6.07) is 8.38. The zero-order chi connectivity index (χ0) is 16.4. The number of piperidine rings is 1. The van der Waals surface area contributed by atoms with Gasteiger partial charge in [-0.1, -0.05) is 12.1 Å². The van der Waals surface area contributed by atoms with Crippen LogP contribution in [-0.4, -0.2) is 45.2 Å². The molecular weight excluding hydrogens is 308 g/mol. The second-order valence-electron chi connectivity index (χ2n) is 7.18. The van der Waals surface area contributed by atoms with Crippen LogP contribution < -0.4 is 5.32 Å². The van der Waals surface area contributed by atoms with Gasteiger partial charge in [0.2, 0.25) is 0 Å². The fourth-order valence-corrected chi connectivity index (χ4v) is 3.98. The molecule has 2 fully saturated rings. The topological polar surface area (TPSA) is 49.4 Å². The van der Waals surface area contributed by atoms with Crippen LogP contribution in [0.1, 0.15) is 44.2 Å². The third kappa shape index (κ3) is 4.55. The maximum absolute atomic E-state index is 11.5. The maximum Gasteiger partial charge on any atom is 0.175 e. The predicted molar refractivity (Wildman–Crippen MR) is 93.3 cm³/mol. The molecule has 23 heavy (non-hydrogen) atoms. The second kappa shape index (κ2) is 6.91. The van der Waals surface area contributed by atoms with Crippen molar-refractivity contribution in [3.8, 4) is 0 Å². The number of nitrogens with zero attached hydrogens (tertiary/aromatic N) is 1. The molecule has 1 aromatic carbocycles. The maximum atomic E-state index is 11.5. The quantitative estimate of drug-likeness (QED) is 0.867. The Morgan fingerprint density at radius 1 is 1.13 bits per heavy atom. The highest BCUT2D eigenvalue weighted by Crippen LogP contribution is 2.29. The molecule has 0 amide bonds. The number of benzene rings is 1. The van der Waals surface area contributed by atoms with E-state index in [0.29, 0.717) is 17.0 Å². The molecule has 5 heteroatoms. The van der Waals surface area contributed by atoms with Gasteiger partial charge in [-0.2, -0.15) is 0 Å². The largest absolute Gasteiger partial charge is 0.314 e. The smallest absolute Gasteiger partial charge is 0.175 e. The lowest BCUT2D eigenvalue weighted by Crippen LogP contribution is -2.43. The highest BCUT2D eigenvalue weighted by Gasteiger charge is 2.26. The fourth-order valence-electron chi connectivity index (χ4n) is 3.35. The number of rotatable bonds is 6. The lowest BCUT2D eigenvalue weighted by Gasteiger charge is -2.36. The van der Waals surface area contributed by atoms with Crippen LogP contribution in [0.4, 0.5) is 0 Å². The Hall–Kier alpha value is -0.910. The summed E-state index contributed by atoms with van der Waals surface area (Å²) in [6.45, 7) is 5.63. The third-order valence-electron chi connectivity index (χ3n) is 5.26. The zero-order valence-corrected chi connectivity index (χ0v) is 15.0. The highest BCUT2D eigenvalue weighted by atomic mass is 32.2. The minimum absolute atomic E-state index is 0.341. The van der Waals surface area contributed by atoms with Crippen LogP contribution in [0.2, 0.25) is 0 Å². The van der Waals surface area contributed by atoms with Crippen LogP contribution in [0, 0.1) is 5.92 Å². The number of sulfone groups is 1. The fraction of sp³-hybridized carbons (Fsp3) is 0.667. The van der Waals surface area contributed by atoms with Gasteiger partial charge in [0.25, 0.3) is 0 Å². The number of hydrogen-bond acceptors (Lipinski definition) is 4. The molecule has 128 valence electrons. The Labute approximate surface area is 140 Å². The zero-order valence-electron chi connectivity index (χ0n) is 14.2. The Balaban J connectivity index is 1.53. The molecule has 4 nitrogen and oxygen atoms in total. The van der Waals surface area contributed by atoms with E-state index in [1.165, 1.54) is 44.0 Å². The molecule has 1 atom stereocenters. The standard InChI is InChI=1S/C18H28N2O2S/c1-14(16-5-7-18(8-6-16)23(2,21)22)20-11-9-17(10-12-20)19-13-15-3-4-15/h5-8,14-15,17,19H,3-4,9-13H2,1-2H3. The summed E-state index contributed by atoms with van der Waals surface area (Å²) in [7, 11) is -3.11. The van der Waals surface area contributed by atoms with Crippen LogP contribution in [-0.2, 0) is 9.84 Å². The first-order chi connectivity index (χ1) is 10.9. The summed E-state index contributed by atoms with van der Waals surface area (Å²) in [6.07, 6.45) is 6.49. The average Bonchev–Trinajstić information content (AvgIpc) is 3.36. The van der Waals surface area contributed by atoms with Gasteiger partial charge < -0.3 is 5.32 Å². The highest BCUT2D eigenvalue weighted by molar-refractivity contribution is 7.90. The monoisotopic (exact) mass is 336 g/mol. The van der Waals surface area contributed by atoms with Gasteiger partial charge in [-0.25, -0.2) is 8.42 Å². The van der Waals surface area contributed by atoms with E-state index in [2.05, 4.69) is 17.1 Å². The van der Waals surface area contributed by atoms with Gasteiger partial charge in [0, 0.05) is 31.4 Å². The first kappa shape index (κ1) is 16.9. The average molecular weight is 337 g/mol. The molecule has 1 N–H and O–H groups in total. The Bertz CT molecular complexity index is 615. The number of likely N-dealkylation sites (tertiary alicyclic amines) is 1. The SMILES string of the molecule is CC(c1ccc(S(C)(=O)=O)cc1)N1CCC(NCC2CC2)CC1. The number of hydrogen-bond donors (Lipinski definition) is 1. The summed E-state index contributed by atoms with van der Waals surface area (Å²) in [5.74, 6) is 0.945. The van der Waals surface area contributed by atoms with Crippen molar-refractivity contribution in [2.24, 2.45) is 5.92 Å². The van der Waals surface area contributed by atoms with Gasteiger partial charge in [-0.05, 0) is 62.8 Å². The normalized spacial score (nSPS) is 22.2. The molecule has 0 aromatic heterocycles. The Kier molecular flexibility index (Phi) is 5.09. The summed E-state index contributed by atoms with van der Waals surface area (Å²) < 4.78 is 23.1. The summed E-state index contributed by atoms with van der Waals surface area (Å²) in [5, 5.41) is 3.71. The molecule has 0 radical (unpaired) electrons. The predicted octanol–water partition coefficient (Wildman–Crippen LogP) is 2.62. The second-order valence-corrected chi connectivity index (χ2v) is 9.19. The molecule has 1 unspecified atom stereocenters. The van der Waals surface area contributed by atoms with E-state index < -0.39 is 9.84 Å². The van der Waals surface area contributed by atoms with Gasteiger partial charge in [0.1, 0.15) is 0 Å². The van der Waals surface area contributed by atoms with Crippen LogP contribution >= 0.6 is 0 Å². The number of nitrogens with one attached hydrogen (secondary N) is 1. The van der Waals surface area contributed by atoms with Crippen molar-refractivity contribution in [1.29, 1.82) is 0 Å².